The van der Waals surface area contributed by atoms with Gasteiger partial charge in [-0.25, -0.2) is 9.48 Å². The molecule has 4 rings (SSSR count). The summed E-state index contributed by atoms with van der Waals surface area (Å²) in [6.45, 7) is 1.32. The van der Waals surface area contributed by atoms with Crippen molar-refractivity contribution in [3.05, 3.63) is 60.4 Å². The number of benzene rings is 2. The van der Waals surface area contributed by atoms with E-state index < -0.39 is 23.6 Å². The van der Waals surface area contributed by atoms with Gasteiger partial charge in [-0.05, 0) is 59.3 Å². The Morgan fingerprint density at radius 2 is 1.91 bits per heavy atom. The molecule has 2 aromatic carbocycles. The van der Waals surface area contributed by atoms with E-state index in [1.54, 1.807) is 62.6 Å². The number of aromatic nitrogens is 4. The molecule has 3 amide bonds. The van der Waals surface area contributed by atoms with Crippen molar-refractivity contribution in [1.29, 1.82) is 0 Å². The van der Waals surface area contributed by atoms with E-state index in [0.29, 0.717) is 22.7 Å². The van der Waals surface area contributed by atoms with Crippen molar-refractivity contribution in [3.8, 4) is 17.2 Å². The van der Waals surface area contributed by atoms with E-state index >= 15 is 0 Å². The van der Waals surface area contributed by atoms with Crippen molar-refractivity contribution in [2.45, 2.75) is 18.6 Å². The van der Waals surface area contributed by atoms with Crippen molar-refractivity contribution in [2.75, 3.05) is 20.3 Å². The molecule has 1 aliphatic rings. The number of methoxy groups -OCH3 is 1. The molecule has 0 spiro atoms. The minimum Gasteiger partial charge on any atom is -0.497 e. The molecule has 11 heteroatoms. The fourth-order valence-corrected chi connectivity index (χ4v) is 3.43. The number of aliphatic hydroxyl groups excluding tert-OH is 1. The Kier molecular flexibility index (Phi) is 5.73. The highest BCUT2D eigenvalue weighted by atomic mass is 16.5. The highest BCUT2D eigenvalue weighted by Crippen LogP contribution is 2.30. The maximum Gasteiger partial charge on any atom is 0.325 e. The smallest absolute Gasteiger partial charge is 0.325 e. The molecule has 0 saturated carbocycles. The van der Waals surface area contributed by atoms with Crippen LogP contribution < -0.4 is 14.8 Å². The number of nitrogens with zero attached hydrogens (tertiary/aromatic N) is 5. The van der Waals surface area contributed by atoms with Gasteiger partial charge >= 0.3 is 6.03 Å². The molecule has 0 bridgehead atoms. The lowest BCUT2D eigenvalue weighted by molar-refractivity contribution is -0.132. The number of carbonyl (C=O) groups is 2. The maximum absolute atomic E-state index is 13.1. The summed E-state index contributed by atoms with van der Waals surface area (Å²) in [5.74, 6) is 0.742. The van der Waals surface area contributed by atoms with E-state index in [1.807, 2.05) is 0 Å². The van der Waals surface area contributed by atoms with Crippen LogP contribution in [-0.2, 0) is 10.3 Å². The monoisotopic (exact) mass is 438 g/mol. The Morgan fingerprint density at radius 3 is 2.59 bits per heavy atom. The SMILES string of the molecule is COc1ccc(OC[C@@H](O)CN2C(=O)N[C@](C)(c3cccc(-n4cnnn4)c3)C2=O)cc1. The van der Waals surface area contributed by atoms with Crippen molar-refractivity contribution in [1.82, 2.24) is 30.4 Å². The van der Waals surface area contributed by atoms with E-state index in [-0.39, 0.29) is 13.2 Å². The van der Waals surface area contributed by atoms with Gasteiger partial charge in [0, 0.05) is 0 Å². The number of hydrogen-bond donors (Lipinski definition) is 2. The van der Waals surface area contributed by atoms with E-state index in [9.17, 15) is 14.7 Å². The van der Waals surface area contributed by atoms with E-state index in [1.165, 1.54) is 11.0 Å². The molecule has 2 N–H and O–H groups in total. The molecule has 1 aromatic heterocycles. The number of aliphatic hydroxyl groups is 1. The largest absolute Gasteiger partial charge is 0.497 e. The zero-order chi connectivity index (χ0) is 22.7. The van der Waals surface area contributed by atoms with Gasteiger partial charge in [0.2, 0.25) is 0 Å². The summed E-state index contributed by atoms with van der Waals surface area (Å²) >= 11 is 0. The Morgan fingerprint density at radius 1 is 1.16 bits per heavy atom. The number of imide groups is 1. The standard InChI is InChI=1S/C21H22N6O5/c1-21(14-4-3-5-15(10-14)27-13-22-24-25-27)19(29)26(20(30)23-21)11-16(28)12-32-18-8-6-17(31-2)7-9-18/h3-10,13,16,28H,11-12H2,1-2H3,(H,23,30)/t16-,21+/m0/s1. The first-order valence-corrected chi connectivity index (χ1v) is 9.83. The van der Waals surface area contributed by atoms with Gasteiger partial charge in [-0.1, -0.05) is 12.1 Å². The summed E-state index contributed by atoms with van der Waals surface area (Å²) in [6, 6.07) is 13.3. The highest BCUT2D eigenvalue weighted by Gasteiger charge is 2.49. The van der Waals surface area contributed by atoms with Gasteiger partial charge in [-0.3, -0.25) is 9.69 Å². The topological polar surface area (TPSA) is 132 Å². The van der Waals surface area contributed by atoms with Crippen LogP contribution in [0.4, 0.5) is 4.79 Å². The predicted octanol–water partition coefficient (Wildman–Crippen LogP) is 0.878. The summed E-state index contributed by atoms with van der Waals surface area (Å²) in [4.78, 5) is 26.7. The number of amides is 3. The average Bonchev–Trinajstić information content (AvgIpc) is 3.42. The first-order chi connectivity index (χ1) is 15.4. The third kappa shape index (κ3) is 4.10. The first kappa shape index (κ1) is 21.2. The van der Waals surface area contributed by atoms with Crippen LogP contribution in [0.1, 0.15) is 12.5 Å². The van der Waals surface area contributed by atoms with Gasteiger partial charge in [0.1, 0.15) is 36.1 Å². The number of urea groups is 1. The van der Waals surface area contributed by atoms with Crippen LogP contribution in [0.3, 0.4) is 0 Å². The third-order valence-corrected chi connectivity index (χ3v) is 5.21. The van der Waals surface area contributed by atoms with Crippen molar-refractivity contribution in [3.63, 3.8) is 0 Å². The lowest BCUT2D eigenvalue weighted by atomic mass is 9.91. The molecule has 1 aliphatic heterocycles. The van der Waals surface area contributed by atoms with Crippen molar-refractivity contribution >= 4 is 11.9 Å². The van der Waals surface area contributed by atoms with E-state index in [4.69, 9.17) is 9.47 Å². The molecule has 166 valence electrons. The second-order valence-corrected chi connectivity index (χ2v) is 7.42. The second kappa shape index (κ2) is 8.63. The Hall–Kier alpha value is -3.99. The molecule has 2 atom stereocenters. The molecular weight excluding hydrogens is 416 g/mol. The van der Waals surface area contributed by atoms with E-state index in [0.717, 1.165) is 4.90 Å². The summed E-state index contributed by atoms with van der Waals surface area (Å²) in [5.41, 5.74) is -0.0880. The average molecular weight is 438 g/mol. The molecule has 1 fully saturated rings. The molecular formula is C21H22N6O5. The molecule has 32 heavy (non-hydrogen) atoms. The fraction of sp³-hybridized carbons (Fsp3) is 0.286. The Bertz CT molecular complexity index is 1100. The lowest BCUT2D eigenvalue weighted by Gasteiger charge is -2.23. The number of rotatable bonds is 8. The number of nitrogens with one attached hydrogen (secondary N) is 1. The van der Waals surface area contributed by atoms with Gasteiger partial charge < -0.3 is 19.9 Å². The zero-order valence-electron chi connectivity index (χ0n) is 17.5. The van der Waals surface area contributed by atoms with Crippen LogP contribution in [0.25, 0.3) is 5.69 Å². The Balaban J connectivity index is 1.43. The number of hydrogen-bond acceptors (Lipinski definition) is 8. The zero-order valence-corrected chi connectivity index (χ0v) is 17.5. The minimum absolute atomic E-state index is 0.0884. The highest BCUT2D eigenvalue weighted by molar-refractivity contribution is 6.07. The molecule has 11 nitrogen and oxygen atoms in total. The van der Waals surface area contributed by atoms with Gasteiger partial charge in [-0.2, -0.15) is 0 Å². The number of carbonyl (C=O) groups excluding carboxylic acids is 2. The maximum atomic E-state index is 13.1. The van der Waals surface area contributed by atoms with Crippen molar-refractivity contribution in [2.24, 2.45) is 0 Å². The number of β-amino-alcohol motifs (C(OH)–C–C–N with tert-alkyl or cyclic N) is 1. The molecule has 0 aliphatic carbocycles. The van der Waals surface area contributed by atoms with Crippen molar-refractivity contribution < 1.29 is 24.2 Å². The summed E-state index contributed by atoms with van der Waals surface area (Å²) in [5, 5.41) is 24.1. The van der Waals surface area contributed by atoms with Gasteiger partial charge in [-0.15, -0.1) is 5.10 Å². The summed E-state index contributed by atoms with van der Waals surface area (Å²) in [7, 11) is 1.56. The lowest BCUT2D eigenvalue weighted by Crippen LogP contribution is -2.42. The van der Waals surface area contributed by atoms with Gasteiger partial charge in [0.05, 0.1) is 19.3 Å². The van der Waals surface area contributed by atoms with E-state index in [2.05, 4.69) is 20.8 Å². The number of tetrazole rings is 1. The first-order valence-electron chi connectivity index (χ1n) is 9.83. The van der Waals surface area contributed by atoms with Crippen LogP contribution in [-0.4, -0.2) is 68.5 Å². The minimum atomic E-state index is -1.29. The van der Waals surface area contributed by atoms with Crippen LogP contribution >= 0.6 is 0 Å². The van der Waals surface area contributed by atoms with Gasteiger partial charge in [0.25, 0.3) is 5.91 Å². The normalized spacial score (nSPS) is 19.0. The predicted molar refractivity (Wildman–Crippen MR) is 111 cm³/mol. The second-order valence-electron chi connectivity index (χ2n) is 7.42. The summed E-state index contributed by atoms with van der Waals surface area (Å²) < 4.78 is 12.1. The summed E-state index contributed by atoms with van der Waals surface area (Å²) in [6.07, 6.45) is 0.365. The third-order valence-electron chi connectivity index (χ3n) is 5.21. The molecule has 1 saturated heterocycles. The van der Waals surface area contributed by atoms with Crippen LogP contribution in [0, 0.1) is 0 Å². The Labute approximate surface area is 183 Å². The molecule has 3 aromatic rings. The quantitative estimate of drug-likeness (QED) is 0.496. The molecule has 2 heterocycles. The van der Waals surface area contributed by atoms with Gasteiger partial charge in [0.15, 0.2) is 0 Å². The van der Waals surface area contributed by atoms with Crippen LogP contribution in [0.15, 0.2) is 54.9 Å². The molecule has 0 radical (unpaired) electrons. The fourth-order valence-electron chi connectivity index (χ4n) is 3.43. The molecule has 0 unspecified atom stereocenters. The van der Waals surface area contributed by atoms with Crippen LogP contribution in [0.2, 0.25) is 0 Å². The number of ether oxygens (including phenoxy) is 2. The van der Waals surface area contributed by atoms with Crippen LogP contribution in [0.5, 0.6) is 11.5 Å².